The van der Waals surface area contributed by atoms with Crippen molar-refractivity contribution < 1.29 is 42.1 Å². The number of aliphatic carboxylic acids is 1. The maximum atomic E-state index is 13.7. The number of benzene rings is 3. The fourth-order valence-electron chi connectivity index (χ4n) is 4.26. The molecule has 4 aromatic rings. The van der Waals surface area contributed by atoms with E-state index in [1.165, 1.54) is 6.92 Å². The number of amides is 2. The summed E-state index contributed by atoms with van der Waals surface area (Å²) in [7, 11) is 3.11. The maximum absolute atomic E-state index is 13.7. The van der Waals surface area contributed by atoms with E-state index in [1.54, 1.807) is 38.6 Å². The van der Waals surface area contributed by atoms with Gasteiger partial charge in [0.05, 0.1) is 20.3 Å². The highest BCUT2D eigenvalue weighted by atomic mass is 19.4. The van der Waals surface area contributed by atoms with Gasteiger partial charge in [-0.15, -0.1) is 0 Å². The summed E-state index contributed by atoms with van der Waals surface area (Å²) < 4.78 is 42.6. The molecule has 2 amide bonds. The van der Waals surface area contributed by atoms with Crippen molar-refractivity contribution in [3.8, 4) is 11.5 Å². The first-order valence-electron chi connectivity index (χ1n) is 13.3. The van der Waals surface area contributed by atoms with Crippen molar-refractivity contribution in [1.29, 1.82) is 0 Å². The number of nitrogen functional groups attached to an aromatic ring is 1. The van der Waals surface area contributed by atoms with Crippen molar-refractivity contribution in [3.05, 3.63) is 84.1 Å². The first-order valence-corrected chi connectivity index (χ1v) is 13.3. The van der Waals surface area contributed by atoms with Gasteiger partial charge in [0.15, 0.2) is 11.5 Å². The van der Waals surface area contributed by atoms with Gasteiger partial charge >= 0.3 is 12.1 Å². The highest BCUT2D eigenvalue weighted by Crippen LogP contribution is 2.33. The third-order valence-electron chi connectivity index (χ3n) is 6.42. The van der Waals surface area contributed by atoms with Gasteiger partial charge in [-0.1, -0.05) is 18.2 Å². The average Bonchev–Trinajstić information content (AvgIpc) is 2.99. The lowest BCUT2D eigenvalue weighted by atomic mass is 10.0. The molecular weight excluding hydrogens is 595 g/mol. The standard InChI is InChI=1S/C29H31N5O4.C2HF3O2/c1-17(19-6-5-7-22(14-19)33-18(2)35)32-29(36)27(21-8-11-25(37-3)26(16-21)38-4)34-23-9-10-24-20(15-23)12-13-31-28(24)30;3-2(4,5)1(6)7/h5-17,27,34H,1-4H3,(H2,30,31)(H,32,36)(H,33,35);(H,6,7). The summed E-state index contributed by atoms with van der Waals surface area (Å²) in [5, 5.41) is 18.1. The minimum Gasteiger partial charge on any atom is -0.493 e. The minimum atomic E-state index is -5.08. The quantitative estimate of drug-likeness (QED) is 0.162. The number of nitrogens with two attached hydrogens (primary N) is 1. The summed E-state index contributed by atoms with van der Waals surface area (Å²) in [5.74, 6) is -1.65. The Morgan fingerprint density at radius 3 is 2.22 bits per heavy atom. The number of methoxy groups -OCH3 is 2. The molecule has 1 aromatic heterocycles. The van der Waals surface area contributed by atoms with E-state index in [4.69, 9.17) is 25.1 Å². The van der Waals surface area contributed by atoms with Crippen LogP contribution in [0.25, 0.3) is 10.8 Å². The van der Waals surface area contributed by atoms with Crippen molar-refractivity contribution in [3.63, 3.8) is 0 Å². The molecule has 0 aliphatic heterocycles. The fraction of sp³-hybridized carbons (Fsp3) is 0.226. The molecule has 2 atom stereocenters. The third-order valence-corrected chi connectivity index (χ3v) is 6.42. The normalized spacial score (nSPS) is 12.2. The third kappa shape index (κ3) is 9.23. The van der Waals surface area contributed by atoms with Crippen LogP contribution in [-0.2, 0) is 14.4 Å². The van der Waals surface area contributed by atoms with Crippen molar-refractivity contribution in [2.75, 3.05) is 30.6 Å². The molecule has 0 saturated carbocycles. The van der Waals surface area contributed by atoms with E-state index in [-0.39, 0.29) is 17.9 Å². The SMILES string of the molecule is COc1ccc(C(Nc2ccc3c(N)nccc3c2)C(=O)NC(C)c2cccc(NC(C)=O)c2)cc1OC.O=C(O)C(F)(F)F. The Balaban J connectivity index is 0.000000707. The molecule has 2 unspecified atom stereocenters. The number of ether oxygens (including phenoxy) is 2. The Morgan fingerprint density at radius 2 is 1.60 bits per heavy atom. The van der Waals surface area contributed by atoms with Crippen LogP contribution in [-0.4, -0.2) is 48.3 Å². The number of nitrogens with one attached hydrogen (secondary N) is 3. The van der Waals surface area contributed by atoms with Gasteiger partial charge in [-0.25, -0.2) is 9.78 Å². The summed E-state index contributed by atoms with van der Waals surface area (Å²) in [4.78, 5) is 38.2. The maximum Gasteiger partial charge on any atom is 0.490 e. The molecule has 0 radical (unpaired) electrons. The number of aromatic nitrogens is 1. The fourth-order valence-corrected chi connectivity index (χ4v) is 4.26. The number of carboxylic acid groups (broad SMARTS) is 1. The molecule has 14 heteroatoms. The Hall–Kier alpha value is -5.53. The molecule has 0 fully saturated rings. The monoisotopic (exact) mass is 627 g/mol. The number of carboxylic acids is 1. The van der Waals surface area contributed by atoms with E-state index >= 15 is 0 Å². The number of carbonyl (C=O) groups is 3. The van der Waals surface area contributed by atoms with Crippen LogP contribution in [0.5, 0.6) is 11.5 Å². The van der Waals surface area contributed by atoms with Gasteiger partial charge in [0.1, 0.15) is 11.9 Å². The lowest BCUT2D eigenvalue weighted by Gasteiger charge is -2.24. The van der Waals surface area contributed by atoms with Gasteiger partial charge < -0.3 is 36.3 Å². The van der Waals surface area contributed by atoms with Crippen LogP contribution in [0.15, 0.2) is 72.9 Å². The van der Waals surface area contributed by atoms with Gasteiger partial charge in [-0.05, 0) is 72.0 Å². The molecule has 11 nitrogen and oxygen atoms in total. The number of fused-ring (bicyclic) bond motifs is 1. The van der Waals surface area contributed by atoms with Crippen LogP contribution in [0, 0.1) is 0 Å². The number of anilines is 3. The molecule has 0 aliphatic rings. The second kappa shape index (κ2) is 14.8. The summed E-state index contributed by atoms with van der Waals surface area (Å²) in [6.07, 6.45) is -3.43. The van der Waals surface area contributed by atoms with Crippen LogP contribution in [0.1, 0.15) is 37.1 Å². The topological polar surface area (TPSA) is 165 Å². The number of alkyl halides is 3. The molecule has 1 heterocycles. The van der Waals surface area contributed by atoms with Gasteiger partial charge in [0.2, 0.25) is 11.8 Å². The molecule has 4 rings (SSSR count). The van der Waals surface area contributed by atoms with Crippen LogP contribution in [0.3, 0.4) is 0 Å². The number of nitrogens with zero attached hydrogens (tertiary/aromatic N) is 1. The van der Waals surface area contributed by atoms with Gasteiger partial charge in [-0.2, -0.15) is 13.2 Å². The Bertz CT molecular complexity index is 1680. The summed E-state index contributed by atoms with van der Waals surface area (Å²) >= 11 is 0. The Morgan fingerprint density at radius 1 is 0.911 bits per heavy atom. The lowest BCUT2D eigenvalue weighted by Crippen LogP contribution is -2.35. The zero-order valence-corrected chi connectivity index (χ0v) is 24.7. The zero-order chi connectivity index (χ0) is 33.3. The average molecular weight is 628 g/mol. The van der Waals surface area contributed by atoms with Crippen molar-refractivity contribution in [2.45, 2.75) is 32.1 Å². The molecule has 238 valence electrons. The second-order valence-corrected chi connectivity index (χ2v) is 9.66. The first kappa shape index (κ1) is 34.0. The van der Waals surface area contributed by atoms with Crippen LogP contribution in [0.4, 0.5) is 30.4 Å². The zero-order valence-electron chi connectivity index (χ0n) is 24.7. The van der Waals surface area contributed by atoms with Gasteiger partial charge in [0.25, 0.3) is 0 Å². The van der Waals surface area contributed by atoms with E-state index in [0.29, 0.717) is 28.6 Å². The first-order chi connectivity index (χ1) is 21.2. The second-order valence-electron chi connectivity index (χ2n) is 9.66. The predicted molar refractivity (Wildman–Crippen MR) is 163 cm³/mol. The molecule has 3 aromatic carbocycles. The summed E-state index contributed by atoms with van der Waals surface area (Å²) in [5.41, 5.74) is 8.95. The molecule has 0 bridgehead atoms. The van der Waals surface area contributed by atoms with E-state index in [9.17, 15) is 22.8 Å². The largest absolute Gasteiger partial charge is 0.493 e. The van der Waals surface area contributed by atoms with Crippen LogP contribution < -0.4 is 31.2 Å². The Labute approximate surface area is 256 Å². The molecule has 0 saturated heterocycles. The summed E-state index contributed by atoms with van der Waals surface area (Å²) in [6, 6.07) is 19.2. The number of pyridine rings is 1. The number of halogens is 3. The smallest absolute Gasteiger partial charge is 0.490 e. The number of rotatable bonds is 9. The van der Waals surface area contributed by atoms with Crippen molar-refractivity contribution in [1.82, 2.24) is 10.3 Å². The number of hydrogen-bond acceptors (Lipinski definition) is 8. The molecule has 0 spiro atoms. The highest BCUT2D eigenvalue weighted by Gasteiger charge is 2.38. The van der Waals surface area contributed by atoms with Crippen molar-refractivity contribution >= 4 is 45.7 Å². The van der Waals surface area contributed by atoms with Crippen LogP contribution >= 0.6 is 0 Å². The number of hydrogen-bond donors (Lipinski definition) is 5. The summed E-state index contributed by atoms with van der Waals surface area (Å²) in [6.45, 7) is 3.34. The van der Waals surface area contributed by atoms with E-state index in [0.717, 1.165) is 22.0 Å². The Kier molecular flexibility index (Phi) is 11.1. The molecular formula is C31H32F3N5O6. The molecule has 45 heavy (non-hydrogen) atoms. The highest BCUT2D eigenvalue weighted by molar-refractivity contribution is 5.94. The lowest BCUT2D eigenvalue weighted by molar-refractivity contribution is -0.192. The molecule has 0 aliphatic carbocycles. The minimum absolute atomic E-state index is 0.163. The van der Waals surface area contributed by atoms with Crippen LogP contribution in [0.2, 0.25) is 0 Å². The van der Waals surface area contributed by atoms with Gasteiger partial charge in [-0.3, -0.25) is 9.59 Å². The number of carbonyl (C=O) groups excluding carboxylic acids is 2. The van der Waals surface area contributed by atoms with E-state index < -0.39 is 18.2 Å². The predicted octanol–water partition coefficient (Wildman–Crippen LogP) is 5.46. The van der Waals surface area contributed by atoms with E-state index in [2.05, 4.69) is 20.9 Å². The van der Waals surface area contributed by atoms with E-state index in [1.807, 2.05) is 55.5 Å². The van der Waals surface area contributed by atoms with Gasteiger partial charge in [0, 0.05) is 29.9 Å². The molecule has 6 N–H and O–H groups in total. The van der Waals surface area contributed by atoms with Crippen molar-refractivity contribution in [2.24, 2.45) is 0 Å².